The first-order valence-corrected chi connectivity index (χ1v) is 10.7. The molecule has 1 fully saturated rings. The van der Waals surface area contributed by atoms with E-state index in [1.807, 2.05) is 0 Å². The molecule has 8 N–H and O–H groups in total. The van der Waals surface area contributed by atoms with Gasteiger partial charge < -0.3 is 36.6 Å². The summed E-state index contributed by atoms with van der Waals surface area (Å²) in [6, 6.07) is 1.46. The molecule has 0 bridgehead atoms. The van der Waals surface area contributed by atoms with Gasteiger partial charge in [-0.3, -0.25) is 24.1 Å². The Kier molecular flexibility index (Phi) is 5.51. The van der Waals surface area contributed by atoms with E-state index in [2.05, 4.69) is 5.32 Å². The molecule has 3 aliphatic rings. The van der Waals surface area contributed by atoms with Crippen molar-refractivity contribution in [1.29, 1.82) is 0 Å². The number of primary amides is 1. The molecule has 4 rings (SSSR count). The molecule has 186 valence electrons. The SMILES string of the molecule is C[C@H]1c2ccc(NC=O)c(O)c2C(O)=C2C(=O)[C@]3(O)C(O)=C(C(N)=O)C(=O)[C@@H](N(C)C)C3[C@@H](O)C21. The summed E-state index contributed by atoms with van der Waals surface area (Å²) < 4.78 is 0. The number of hydrogen-bond donors (Lipinski definition) is 7. The third-order valence-electron chi connectivity index (χ3n) is 7.34. The molecule has 0 spiro atoms. The fraction of sp³-hybridized carbons (Fsp3) is 0.391. The zero-order valence-corrected chi connectivity index (χ0v) is 19.0. The second-order valence-electron chi connectivity index (χ2n) is 9.24. The second-order valence-corrected chi connectivity index (χ2v) is 9.24. The minimum absolute atomic E-state index is 0.0633. The Morgan fingerprint density at radius 2 is 1.83 bits per heavy atom. The first-order valence-electron chi connectivity index (χ1n) is 10.7. The summed E-state index contributed by atoms with van der Waals surface area (Å²) in [6.07, 6.45) is -1.36. The van der Waals surface area contributed by atoms with E-state index in [9.17, 15) is 44.7 Å². The minimum Gasteiger partial charge on any atom is -0.508 e. The maximum absolute atomic E-state index is 13.8. The Bertz CT molecular complexity index is 1250. The molecule has 0 aliphatic heterocycles. The van der Waals surface area contributed by atoms with Crippen molar-refractivity contribution in [3.8, 4) is 5.75 Å². The third-order valence-corrected chi connectivity index (χ3v) is 7.34. The van der Waals surface area contributed by atoms with E-state index in [-0.39, 0.29) is 11.3 Å². The predicted octanol–water partition coefficient (Wildman–Crippen LogP) is -0.936. The van der Waals surface area contributed by atoms with Gasteiger partial charge in [0.1, 0.15) is 22.8 Å². The zero-order valence-electron chi connectivity index (χ0n) is 19.0. The topological polar surface area (TPSA) is 211 Å². The van der Waals surface area contributed by atoms with Crippen molar-refractivity contribution in [1.82, 2.24) is 4.90 Å². The van der Waals surface area contributed by atoms with E-state index in [0.29, 0.717) is 12.0 Å². The van der Waals surface area contributed by atoms with Gasteiger partial charge in [-0.2, -0.15) is 0 Å². The Labute approximate surface area is 199 Å². The highest BCUT2D eigenvalue weighted by atomic mass is 16.4. The van der Waals surface area contributed by atoms with Crippen molar-refractivity contribution in [3.63, 3.8) is 0 Å². The molecular formula is C23H25N3O9. The van der Waals surface area contributed by atoms with Gasteiger partial charge in [-0.25, -0.2) is 0 Å². The normalized spacial score (nSPS) is 32.2. The van der Waals surface area contributed by atoms with Crippen molar-refractivity contribution in [2.75, 3.05) is 19.4 Å². The average Bonchev–Trinajstić information content (AvgIpc) is 2.77. The molecular weight excluding hydrogens is 462 g/mol. The first kappa shape index (κ1) is 24.4. The summed E-state index contributed by atoms with van der Waals surface area (Å²) >= 11 is 0. The Morgan fingerprint density at radius 3 is 2.37 bits per heavy atom. The molecule has 2 unspecified atom stereocenters. The van der Waals surface area contributed by atoms with Gasteiger partial charge >= 0.3 is 0 Å². The van der Waals surface area contributed by atoms with Gasteiger partial charge in [0.25, 0.3) is 5.91 Å². The number of aromatic hydroxyl groups is 1. The quantitative estimate of drug-likeness (QED) is 0.157. The first-order chi connectivity index (χ1) is 16.3. The number of Topliss-reactive ketones (excluding diaryl/α,β-unsaturated/α-hetero) is 2. The van der Waals surface area contributed by atoms with Gasteiger partial charge in [-0.05, 0) is 31.6 Å². The largest absolute Gasteiger partial charge is 0.508 e. The molecule has 0 aromatic heterocycles. The molecule has 1 saturated carbocycles. The number of nitrogens with two attached hydrogens (primary N) is 1. The van der Waals surface area contributed by atoms with E-state index >= 15 is 0 Å². The molecule has 0 heterocycles. The highest BCUT2D eigenvalue weighted by Crippen LogP contribution is 2.56. The number of nitrogens with zero attached hydrogens (tertiary/aromatic N) is 1. The molecule has 1 aromatic carbocycles. The highest BCUT2D eigenvalue weighted by molar-refractivity contribution is 6.24. The summed E-state index contributed by atoms with van der Waals surface area (Å²) in [5.41, 5.74) is 0.884. The van der Waals surface area contributed by atoms with Crippen LogP contribution in [-0.4, -0.2) is 86.2 Å². The second kappa shape index (κ2) is 7.90. The zero-order chi connectivity index (χ0) is 26.1. The van der Waals surface area contributed by atoms with Gasteiger partial charge in [0.15, 0.2) is 11.4 Å². The highest BCUT2D eigenvalue weighted by Gasteiger charge is 2.68. The number of phenolic OH excluding ortho intramolecular Hbond substituents is 1. The van der Waals surface area contributed by atoms with Crippen LogP contribution >= 0.6 is 0 Å². The van der Waals surface area contributed by atoms with Gasteiger partial charge in [-0.15, -0.1) is 0 Å². The van der Waals surface area contributed by atoms with Crippen molar-refractivity contribution in [3.05, 3.63) is 40.2 Å². The number of phenols is 1. The minimum atomic E-state index is -2.97. The lowest BCUT2D eigenvalue weighted by Gasteiger charge is -2.53. The van der Waals surface area contributed by atoms with Gasteiger partial charge in [-0.1, -0.05) is 13.0 Å². The van der Waals surface area contributed by atoms with Crippen LogP contribution in [0.15, 0.2) is 29.0 Å². The molecule has 35 heavy (non-hydrogen) atoms. The van der Waals surface area contributed by atoms with Crippen LogP contribution in [0.1, 0.15) is 24.0 Å². The number of carbonyl (C=O) groups is 4. The number of rotatable bonds is 4. The van der Waals surface area contributed by atoms with E-state index in [4.69, 9.17) is 5.73 Å². The Balaban J connectivity index is 2.05. The lowest BCUT2D eigenvalue weighted by Crippen LogP contribution is -2.70. The fourth-order valence-corrected chi connectivity index (χ4v) is 5.80. The average molecular weight is 487 g/mol. The smallest absolute Gasteiger partial charge is 0.255 e. The number of aliphatic hydroxyl groups is 4. The Morgan fingerprint density at radius 1 is 1.20 bits per heavy atom. The molecule has 6 atom stereocenters. The number of nitrogens with one attached hydrogen (secondary N) is 1. The van der Waals surface area contributed by atoms with Crippen molar-refractivity contribution >= 4 is 35.3 Å². The number of benzene rings is 1. The van der Waals surface area contributed by atoms with Crippen molar-refractivity contribution < 1.29 is 44.7 Å². The van der Waals surface area contributed by atoms with Crippen LogP contribution in [0.25, 0.3) is 5.76 Å². The van der Waals surface area contributed by atoms with Gasteiger partial charge in [0.05, 0.1) is 29.3 Å². The summed E-state index contributed by atoms with van der Waals surface area (Å²) in [5.74, 6) is -9.73. The number of hydrogen-bond acceptors (Lipinski definition) is 10. The van der Waals surface area contributed by atoms with E-state index in [0.717, 1.165) is 0 Å². The van der Waals surface area contributed by atoms with Crippen LogP contribution in [0.2, 0.25) is 0 Å². The fourth-order valence-electron chi connectivity index (χ4n) is 5.80. The number of carbonyl (C=O) groups excluding carboxylic acids is 4. The van der Waals surface area contributed by atoms with Crippen LogP contribution in [-0.2, 0) is 19.2 Å². The number of likely N-dealkylation sites (N-methyl/N-ethyl adjacent to an activating group) is 1. The predicted molar refractivity (Wildman–Crippen MR) is 120 cm³/mol. The maximum Gasteiger partial charge on any atom is 0.255 e. The number of amides is 2. The molecule has 0 saturated heterocycles. The summed E-state index contributed by atoms with van der Waals surface area (Å²) in [4.78, 5) is 51.1. The van der Waals surface area contributed by atoms with Crippen molar-refractivity contribution in [2.45, 2.75) is 30.6 Å². The van der Waals surface area contributed by atoms with Crippen LogP contribution < -0.4 is 11.1 Å². The van der Waals surface area contributed by atoms with Crippen LogP contribution in [0.5, 0.6) is 5.75 Å². The Hall–Kier alpha value is -3.74. The molecule has 12 nitrogen and oxygen atoms in total. The third kappa shape index (κ3) is 2.97. The standard InChI is InChI=1S/C23H25N3O9/c1-7-8-4-5-9(25-6-27)16(28)11(8)17(29)12-10(7)18(30)14-15(26(2)3)19(31)13(22(24)34)21(33)23(14,35)20(12)32/h4-7,10,14-15,18,28-30,33,35H,1-3H3,(H2,24,34)(H,25,27)/t7-,10?,14?,15-,18-,23-/m0/s1. The summed E-state index contributed by atoms with van der Waals surface area (Å²) in [6.45, 7) is 1.61. The van der Waals surface area contributed by atoms with E-state index in [1.54, 1.807) is 6.92 Å². The number of fused-ring (bicyclic) bond motifs is 3. The van der Waals surface area contributed by atoms with Crippen molar-refractivity contribution in [2.24, 2.45) is 17.6 Å². The molecule has 0 radical (unpaired) electrons. The molecule has 3 aliphatic carbocycles. The summed E-state index contributed by atoms with van der Waals surface area (Å²) in [7, 11) is 2.87. The van der Waals surface area contributed by atoms with E-state index in [1.165, 1.54) is 31.1 Å². The molecule has 12 heteroatoms. The molecule has 1 aromatic rings. The van der Waals surface area contributed by atoms with Gasteiger partial charge in [0, 0.05) is 11.5 Å². The van der Waals surface area contributed by atoms with Crippen LogP contribution in [0, 0.1) is 11.8 Å². The molecule has 2 amide bonds. The number of anilines is 1. The monoisotopic (exact) mass is 487 g/mol. The van der Waals surface area contributed by atoms with Gasteiger partial charge in [0.2, 0.25) is 12.2 Å². The number of aliphatic hydroxyl groups excluding tert-OH is 3. The maximum atomic E-state index is 13.8. The van der Waals surface area contributed by atoms with Crippen LogP contribution in [0.3, 0.4) is 0 Å². The summed E-state index contributed by atoms with van der Waals surface area (Å²) in [5, 5.41) is 57.9. The lowest BCUT2D eigenvalue weighted by molar-refractivity contribution is -0.169. The number of ketones is 2. The van der Waals surface area contributed by atoms with Crippen LogP contribution in [0.4, 0.5) is 5.69 Å². The lowest BCUT2D eigenvalue weighted by atomic mass is 9.54. The van der Waals surface area contributed by atoms with E-state index < -0.39 is 81.4 Å².